The first-order valence-electron chi connectivity index (χ1n) is 24.2. The number of allylic oxidation sites excluding steroid dienone is 1. The predicted molar refractivity (Wildman–Crippen MR) is 283 cm³/mol. The second-order valence-corrected chi connectivity index (χ2v) is 16.4. The fraction of sp³-hybridized carbons (Fsp3) is 0.894. The molecule has 0 aromatic rings. The minimum Gasteiger partial charge on any atom is -0.870 e. The van der Waals surface area contributed by atoms with Crippen LogP contribution in [0, 0.1) is 0 Å². The zero-order valence-electron chi connectivity index (χ0n) is 42.4. The largest absolute Gasteiger partial charge is 1.00 e. The van der Waals surface area contributed by atoms with Gasteiger partial charge in [-0.2, -0.15) is 12.6 Å². The van der Waals surface area contributed by atoms with Gasteiger partial charge in [-0.1, -0.05) is 208 Å². The van der Waals surface area contributed by atoms with Crippen LogP contribution in [0.15, 0.2) is 27.7 Å². The molecule has 0 bridgehead atoms. The van der Waals surface area contributed by atoms with Crippen LogP contribution in [0.3, 0.4) is 0 Å². The van der Waals surface area contributed by atoms with Gasteiger partial charge in [-0.25, -0.2) is 13.9 Å². The van der Waals surface area contributed by atoms with Gasteiger partial charge in [-0.15, -0.1) is 4.99 Å². The van der Waals surface area contributed by atoms with Crippen LogP contribution in [0.1, 0.15) is 216 Å². The third-order valence-corrected chi connectivity index (χ3v) is 10.9. The number of unbranched alkanes of at least 4 members (excludes halogenated alkanes) is 17. The van der Waals surface area contributed by atoms with E-state index in [-0.39, 0.29) is 40.1 Å². The summed E-state index contributed by atoms with van der Waals surface area (Å²) >= 11 is 16.5. The van der Waals surface area contributed by atoms with Crippen LogP contribution in [0.4, 0.5) is 0 Å². The molecule has 0 aliphatic heterocycles. The molecular weight excluding hydrogens is 864 g/mol. The summed E-state index contributed by atoms with van der Waals surface area (Å²) in [6.07, 6.45) is 36.0. The molecule has 0 aromatic carbocycles. The van der Waals surface area contributed by atoms with Gasteiger partial charge < -0.3 is 26.7 Å². The minimum atomic E-state index is 0. The summed E-state index contributed by atoms with van der Waals surface area (Å²) in [5.74, 6) is 0.912. The number of hydrogen-bond acceptors (Lipinski definition) is 12. The van der Waals surface area contributed by atoms with Crippen molar-refractivity contribution in [2.75, 3.05) is 58.1 Å². The normalized spacial score (nSPS) is 10.9. The Kier molecular flexibility index (Phi) is 87.5. The molecule has 0 saturated carbocycles. The summed E-state index contributed by atoms with van der Waals surface area (Å²) in [4.78, 5) is 8.78. The third kappa shape index (κ3) is 72.2. The molecule has 0 fully saturated rings. The topological polar surface area (TPSA) is 143 Å². The Bertz CT molecular complexity index is 852. The van der Waals surface area contributed by atoms with Gasteiger partial charge in [0.05, 0.1) is 13.1 Å². The molecule has 0 aliphatic carbocycles. The minimum absolute atomic E-state index is 0. The molecular formula is C47H103N6NaO4S4. The quantitative estimate of drug-likeness (QED) is 0.00593. The maximum absolute atomic E-state index is 8.32. The van der Waals surface area contributed by atoms with E-state index in [2.05, 4.69) is 160 Å². The van der Waals surface area contributed by atoms with Gasteiger partial charge in [0.25, 0.3) is 0 Å². The fourth-order valence-corrected chi connectivity index (χ4v) is 6.63. The molecule has 10 nitrogen and oxygen atoms in total. The van der Waals surface area contributed by atoms with Crippen LogP contribution in [0.2, 0.25) is 0 Å². The van der Waals surface area contributed by atoms with E-state index >= 15 is 0 Å². The van der Waals surface area contributed by atoms with Crippen molar-refractivity contribution in [2.24, 2.45) is 15.8 Å². The van der Waals surface area contributed by atoms with Gasteiger partial charge in [-0.3, -0.25) is 0 Å². The average Bonchev–Trinajstić information content (AvgIpc) is 3.25. The molecule has 0 rings (SSSR count). The van der Waals surface area contributed by atoms with Gasteiger partial charge in [0.2, 0.25) is 0 Å². The Morgan fingerprint density at radius 2 is 0.935 bits per heavy atom. The fourth-order valence-electron chi connectivity index (χ4n) is 6.10. The monoisotopic (exact) mass is 967 g/mol. The van der Waals surface area contributed by atoms with E-state index in [4.69, 9.17) is 5.26 Å². The zero-order valence-corrected chi connectivity index (χ0v) is 47.8. The Labute approximate surface area is 430 Å². The second kappa shape index (κ2) is 70.6. The van der Waals surface area contributed by atoms with E-state index < -0.39 is 0 Å². The first-order valence-corrected chi connectivity index (χ1v) is 26.0. The summed E-state index contributed by atoms with van der Waals surface area (Å²) in [6, 6.07) is 0. The van der Waals surface area contributed by atoms with Crippen LogP contribution in [-0.2, 0) is 21.7 Å². The molecule has 0 spiro atoms. The molecule has 0 radical (unpaired) electrons. The van der Waals surface area contributed by atoms with Crippen LogP contribution in [0.25, 0.3) is 0 Å². The van der Waals surface area contributed by atoms with Gasteiger partial charge in [0.15, 0.2) is 5.11 Å². The summed E-state index contributed by atoms with van der Waals surface area (Å²) in [5, 5.41) is 9.27. The van der Waals surface area contributed by atoms with Crippen molar-refractivity contribution in [2.45, 2.75) is 216 Å². The van der Waals surface area contributed by atoms with E-state index in [0.29, 0.717) is 6.54 Å². The van der Waals surface area contributed by atoms with Crippen molar-refractivity contribution in [1.29, 1.82) is 0 Å². The zero-order chi connectivity index (χ0) is 46.3. The van der Waals surface area contributed by atoms with E-state index in [1.54, 1.807) is 5.57 Å². The molecule has 62 heavy (non-hydrogen) atoms. The molecule has 15 heteroatoms. The Morgan fingerprint density at radius 1 is 0.597 bits per heavy atom. The Balaban J connectivity index is -0.000000126. The van der Waals surface area contributed by atoms with E-state index in [1.165, 1.54) is 147 Å². The van der Waals surface area contributed by atoms with Crippen molar-refractivity contribution in [3.8, 4) is 0 Å². The SMILES string of the molecule is CCC/C(=C\CN(CC)CC)CC.CCC/C(=C\CN(CC)CC)CS.CCCCCCCCCCCCN(OO)OS.CCCCCCCCCCCN=S.NC(N)=S.[Na+].[OH-]. The molecule has 0 saturated heterocycles. The van der Waals surface area contributed by atoms with Gasteiger partial charge in [0, 0.05) is 44.2 Å². The van der Waals surface area contributed by atoms with Gasteiger partial charge in [0.1, 0.15) is 0 Å². The molecule has 0 unspecified atom stereocenters. The molecule has 0 amide bonds. The first kappa shape index (κ1) is 76.8. The van der Waals surface area contributed by atoms with E-state index in [0.717, 1.165) is 69.6 Å². The maximum Gasteiger partial charge on any atom is 1.00 e. The summed E-state index contributed by atoms with van der Waals surface area (Å²) in [7, 11) is 0. The van der Waals surface area contributed by atoms with Crippen molar-refractivity contribution >= 4 is 55.3 Å². The van der Waals surface area contributed by atoms with Gasteiger partial charge >= 0.3 is 29.6 Å². The maximum atomic E-state index is 8.32. The van der Waals surface area contributed by atoms with Crippen LogP contribution in [-0.4, -0.2) is 89.0 Å². The molecule has 0 aromatic heterocycles. The van der Waals surface area contributed by atoms with Crippen molar-refractivity contribution < 1.29 is 49.6 Å². The van der Waals surface area contributed by atoms with E-state index in [9.17, 15) is 0 Å². The smallest absolute Gasteiger partial charge is 0.870 e. The Morgan fingerprint density at radius 3 is 1.23 bits per heavy atom. The number of hydrogen-bond donors (Lipinski definition) is 5. The summed E-state index contributed by atoms with van der Waals surface area (Å²) in [6.45, 7) is 28.3. The van der Waals surface area contributed by atoms with Gasteiger partial charge in [-0.05, 0) is 75.7 Å². The molecule has 0 aliphatic rings. The Hall–Kier alpha value is 0.610. The summed E-state index contributed by atoms with van der Waals surface area (Å²) < 4.78 is 8.11. The molecule has 0 heterocycles. The first-order chi connectivity index (χ1) is 29.0. The number of nitrogens with two attached hydrogens (primary N) is 2. The number of nitrogens with zero attached hydrogens (tertiary/aromatic N) is 4. The molecule has 0 atom stereocenters. The average molecular weight is 968 g/mol. The number of thiocarbonyl (C=S) groups is 1. The standard InChI is InChI=1S/C12H27NO3S.C12H25N.2C11H23NS.CH4N2S.Na.H2O/c1-2-3-4-5-6-7-8-9-10-11-12-13(15-14)16-17;1-5-9-12(6-2)10-11-13(7-3)8-4;1-4-7-11(10-13)8-9-12(5-2)6-3;1-2-3-4-5-6-7-8-9-10-11-12-13;2-1(3)4;;/h14,17H,2-12H2,1H3;10H,5-9,11H2,1-4H3;8,13H,4-7,9-10H2,1-3H3;2-11H2,1H3;(H4,2,3,4);;1H2/q;;;;;+1;/p-1/b;12-10-;11-8+;;;;. The van der Waals surface area contributed by atoms with Crippen LogP contribution < -0.4 is 41.0 Å². The number of likely N-dealkylation sites (N-methyl/N-ethyl adjacent to an activating group) is 2. The van der Waals surface area contributed by atoms with Crippen LogP contribution in [0.5, 0.6) is 0 Å². The van der Waals surface area contributed by atoms with Crippen molar-refractivity contribution in [3.63, 3.8) is 0 Å². The third-order valence-electron chi connectivity index (χ3n) is 10.1. The predicted octanol–water partition coefficient (Wildman–Crippen LogP) is 11.1. The van der Waals surface area contributed by atoms with Crippen LogP contribution >= 0.6 is 37.8 Å². The van der Waals surface area contributed by atoms with Crippen molar-refractivity contribution in [1.82, 2.24) is 15.0 Å². The number of hydroxylamine groups is 2. The van der Waals surface area contributed by atoms with Crippen molar-refractivity contribution in [3.05, 3.63) is 23.3 Å². The molecule has 6 N–H and O–H groups in total. The molecule has 370 valence electrons. The number of thiol groups is 2. The summed E-state index contributed by atoms with van der Waals surface area (Å²) in [5.41, 5.74) is 12.3. The number of rotatable bonds is 37. The van der Waals surface area contributed by atoms with E-state index in [1.807, 2.05) is 0 Å². The second-order valence-electron chi connectivity index (χ2n) is 15.2.